The molecule has 8 heteroatoms. The Labute approximate surface area is 119 Å². The first-order chi connectivity index (χ1) is 10.2. The van der Waals surface area contributed by atoms with Gasteiger partial charge < -0.3 is 15.2 Å². The molecule has 0 radical (unpaired) electrons. The van der Waals surface area contributed by atoms with Crippen molar-refractivity contribution >= 4 is 17.0 Å². The first-order valence-electron chi connectivity index (χ1n) is 5.93. The number of H-pyrrole nitrogens is 1. The van der Waals surface area contributed by atoms with Crippen molar-refractivity contribution in [1.82, 2.24) is 20.2 Å². The monoisotopic (exact) mass is 282 g/mol. The molecule has 0 spiro atoms. The maximum atomic E-state index is 9.01. The highest BCUT2D eigenvalue weighted by molar-refractivity contribution is 5.80. The highest BCUT2D eigenvalue weighted by Gasteiger charge is 2.11. The lowest BCUT2D eigenvalue weighted by molar-refractivity contribution is 0.408. The third-order valence-corrected chi connectivity index (χ3v) is 2.75. The molecule has 0 bridgehead atoms. The zero-order valence-corrected chi connectivity index (χ0v) is 11.0. The second kappa shape index (κ2) is 4.97. The highest BCUT2D eigenvalue weighted by atomic mass is 16.5. The summed E-state index contributed by atoms with van der Waals surface area (Å²) in [5.41, 5.74) is 6.51. The Morgan fingerprint density at radius 3 is 2.81 bits per heavy atom. The quantitative estimate of drug-likeness (QED) is 0.747. The van der Waals surface area contributed by atoms with Gasteiger partial charge in [-0.2, -0.15) is 20.3 Å². The third-order valence-electron chi connectivity index (χ3n) is 2.75. The predicted octanol–water partition coefficient (Wildman–Crippen LogP) is 1.61. The Balaban J connectivity index is 2.06. The van der Waals surface area contributed by atoms with E-state index in [1.165, 1.54) is 13.3 Å². The van der Waals surface area contributed by atoms with Crippen LogP contribution < -0.4 is 15.2 Å². The molecule has 3 aromatic rings. The van der Waals surface area contributed by atoms with Crippen LogP contribution in [0.15, 0.2) is 24.4 Å². The van der Waals surface area contributed by atoms with Crippen LogP contribution in [-0.4, -0.2) is 27.3 Å². The molecule has 0 unspecified atom stereocenters. The molecule has 0 saturated carbocycles. The smallest absolute Gasteiger partial charge is 0.235 e. The minimum absolute atomic E-state index is 0.0603. The average Bonchev–Trinajstić information content (AvgIpc) is 2.95. The van der Waals surface area contributed by atoms with E-state index in [4.69, 9.17) is 20.5 Å². The van der Waals surface area contributed by atoms with Crippen LogP contribution in [0, 0.1) is 11.3 Å². The molecule has 0 atom stereocenters. The summed E-state index contributed by atoms with van der Waals surface area (Å²) in [6.45, 7) is 0. The Morgan fingerprint density at radius 1 is 1.24 bits per heavy atom. The summed E-state index contributed by atoms with van der Waals surface area (Å²) in [4.78, 5) is 8.04. The van der Waals surface area contributed by atoms with Crippen LogP contribution in [0.25, 0.3) is 11.0 Å². The molecule has 0 amide bonds. The van der Waals surface area contributed by atoms with E-state index in [9.17, 15) is 0 Å². The van der Waals surface area contributed by atoms with Gasteiger partial charge in [-0.15, -0.1) is 0 Å². The molecule has 3 rings (SSSR count). The zero-order valence-electron chi connectivity index (χ0n) is 11.0. The molecule has 2 aromatic heterocycles. The minimum atomic E-state index is 0.0603. The van der Waals surface area contributed by atoms with E-state index < -0.39 is 0 Å². The van der Waals surface area contributed by atoms with Gasteiger partial charge in [-0.25, -0.2) is 0 Å². The van der Waals surface area contributed by atoms with E-state index in [0.717, 1.165) is 0 Å². The number of anilines is 1. The number of nitrogens with zero attached hydrogens (tertiary/aromatic N) is 4. The molecule has 1 aromatic carbocycles. The lowest BCUT2D eigenvalue weighted by atomic mass is 10.2. The predicted molar refractivity (Wildman–Crippen MR) is 73.9 cm³/mol. The Hall–Kier alpha value is -3.34. The Bertz CT molecular complexity index is 851. The maximum Gasteiger partial charge on any atom is 0.235 e. The van der Waals surface area contributed by atoms with Gasteiger partial charge in [-0.05, 0) is 12.1 Å². The fourth-order valence-electron chi connectivity index (χ4n) is 1.83. The fraction of sp³-hybridized carbons (Fsp3) is 0.0769. The van der Waals surface area contributed by atoms with Crippen molar-refractivity contribution in [3.05, 3.63) is 30.0 Å². The molecule has 3 N–H and O–H groups in total. The average molecular weight is 282 g/mol. The number of benzene rings is 1. The van der Waals surface area contributed by atoms with Crippen LogP contribution in [0.2, 0.25) is 0 Å². The Kier molecular flexibility index (Phi) is 3.00. The topological polar surface area (TPSA) is 123 Å². The van der Waals surface area contributed by atoms with Crippen LogP contribution in [-0.2, 0) is 0 Å². The molecule has 104 valence electrons. The van der Waals surface area contributed by atoms with E-state index in [2.05, 4.69) is 20.2 Å². The number of ether oxygens (including phenoxy) is 2. The summed E-state index contributed by atoms with van der Waals surface area (Å²) in [5, 5.41) is 16.2. The van der Waals surface area contributed by atoms with Crippen molar-refractivity contribution in [2.45, 2.75) is 0 Å². The molecule has 0 saturated heterocycles. The first-order valence-corrected chi connectivity index (χ1v) is 5.93. The largest absolute Gasteiger partial charge is 0.497 e. The van der Waals surface area contributed by atoms with Crippen molar-refractivity contribution in [2.24, 2.45) is 0 Å². The number of methoxy groups -OCH3 is 1. The van der Waals surface area contributed by atoms with Gasteiger partial charge in [-0.3, -0.25) is 5.10 Å². The van der Waals surface area contributed by atoms with Crippen molar-refractivity contribution < 1.29 is 9.47 Å². The standard InChI is InChI=1S/C13H10N6O2/c1-20-8-2-7(5-14)3-9(4-8)21-12-10-6-16-19-11(10)17-13(15)18-12/h2-4,6H,1H3,(H3,15,16,17,18,19). The van der Waals surface area contributed by atoms with Crippen molar-refractivity contribution in [3.63, 3.8) is 0 Å². The van der Waals surface area contributed by atoms with Crippen LogP contribution in [0.4, 0.5) is 5.95 Å². The summed E-state index contributed by atoms with van der Waals surface area (Å²) in [6.07, 6.45) is 1.54. The molecule has 0 aliphatic carbocycles. The zero-order chi connectivity index (χ0) is 14.8. The molecule has 0 aliphatic heterocycles. The summed E-state index contributed by atoms with van der Waals surface area (Å²) in [7, 11) is 1.51. The summed E-state index contributed by atoms with van der Waals surface area (Å²) in [6, 6.07) is 6.86. The molecule has 2 heterocycles. The molecular weight excluding hydrogens is 272 g/mol. The second-order valence-corrected chi connectivity index (χ2v) is 4.13. The van der Waals surface area contributed by atoms with Gasteiger partial charge in [-0.1, -0.05) is 0 Å². The van der Waals surface area contributed by atoms with Crippen molar-refractivity contribution in [2.75, 3.05) is 12.8 Å². The van der Waals surface area contributed by atoms with Gasteiger partial charge in [0.25, 0.3) is 0 Å². The highest BCUT2D eigenvalue weighted by Crippen LogP contribution is 2.30. The number of nitriles is 1. The van der Waals surface area contributed by atoms with Crippen LogP contribution in [0.5, 0.6) is 17.4 Å². The number of nitrogens with one attached hydrogen (secondary N) is 1. The van der Waals surface area contributed by atoms with E-state index in [-0.39, 0.29) is 11.8 Å². The van der Waals surface area contributed by atoms with Crippen LogP contribution >= 0.6 is 0 Å². The summed E-state index contributed by atoms with van der Waals surface area (Å²) >= 11 is 0. The minimum Gasteiger partial charge on any atom is -0.497 e. The lowest BCUT2D eigenvalue weighted by Crippen LogP contribution is -1.98. The number of nitrogens with two attached hydrogens (primary N) is 1. The maximum absolute atomic E-state index is 9.01. The van der Waals surface area contributed by atoms with Gasteiger partial charge in [0.05, 0.1) is 24.9 Å². The number of hydrogen-bond acceptors (Lipinski definition) is 7. The van der Waals surface area contributed by atoms with Crippen molar-refractivity contribution in [3.8, 4) is 23.4 Å². The number of aromatic nitrogens is 4. The van der Waals surface area contributed by atoms with Crippen LogP contribution in [0.1, 0.15) is 5.56 Å². The number of fused-ring (bicyclic) bond motifs is 1. The molecule has 0 aliphatic rings. The number of aromatic amines is 1. The SMILES string of the molecule is COc1cc(C#N)cc(Oc2nc(N)nc3[nH]ncc23)c1. The van der Waals surface area contributed by atoms with Crippen molar-refractivity contribution in [1.29, 1.82) is 5.26 Å². The lowest BCUT2D eigenvalue weighted by Gasteiger charge is -2.08. The molecular formula is C13H10N6O2. The first kappa shape index (κ1) is 12.7. The van der Waals surface area contributed by atoms with Gasteiger partial charge >= 0.3 is 0 Å². The Morgan fingerprint density at radius 2 is 2.05 bits per heavy atom. The summed E-state index contributed by atoms with van der Waals surface area (Å²) < 4.78 is 10.8. The molecule has 21 heavy (non-hydrogen) atoms. The van der Waals surface area contributed by atoms with E-state index in [1.807, 2.05) is 6.07 Å². The summed E-state index contributed by atoms with van der Waals surface area (Å²) in [5.74, 6) is 1.23. The van der Waals surface area contributed by atoms with Gasteiger partial charge in [0.1, 0.15) is 16.9 Å². The number of nitrogen functional groups attached to an aromatic ring is 1. The van der Waals surface area contributed by atoms with Gasteiger partial charge in [0, 0.05) is 6.07 Å². The fourth-order valence-corrected chi connectivity index (χ4v) is 1.83. The molecule has 0 fully saturated rings. The third kappa shape index (κ3) is 2.40. The second-order valence-electron chi connectivity index (χ2n) is 4.13. The van der Waals surface area contributed by atoms with Gasteiger partial charge in [0.15, 0.2) is 5.65 Å². The van der Waals surface area contributed by atoms with E-state index in [1.54, 1.807) is 18.2 Å². The number of hydrogen-bond donors (Lipinski definition) is 2. The van der Waals surface area contributed by atoms with Gasteiger partial charge in [0.2, 0.25) is 11.8 Å². The van der Waals surface area contributed by atoms with E-state index in [0.29, 0.717) is 28.1 Å². The molecule has 8 nitrogen and oxygen atoms in total. The normalized spacial score (nSPS) is 10.3. The number of rotatable bonds is 3. The van der Waals surface area contributed by atoms with Crippen LogP contribution in [0.3, 0.4) is 0 Å². The van der Waals surface area contributed by atoms with E-state index >= 15 is 0 Å².